The standard InChI is InChI=1S/C15H21N3O2/c1-3-4-8-12(16)15-17-14(18-20-15)10-11-7-5-6-9-13(11)19-2/h5-7,9,12H,3-4,8,10,16H2,1-2H3/t12-/m0/s1. The lowest BCUT2D eigenvalue weighted by Crippen LogP contribution is -2.10. The third kappa shape index (κ3) is 3.57. The zero-order chi connectivity index (χ0) is 14.4. The number of ether oxygens (including phenoxy) is 1. The van der Waals surface area contributed by atoms with Crippen molar-refractivity contribution >= 4 is 0 Å². The first-order valence-electron chi connectivity index (χ1n) is 6.94. The van der Waals surface area contributed by atoms with Gasteiger partial charge in [-0.25, -0.2) is 0 Å². The Kier molecular flexibility index (Phi) is 5.12. The third-order valence-corrected chi connectivity index (χ3v) is 3.21. The molecule has 2 rings (SSSR count). The monoisotopic (exact) mass is 275 g/mol. The Morgan fingerprint density at radius 2 is 2.15 bits per heavy atom. The molecule has 0 radical (unpaired) electrons. The molecule has 0 bridgehead atoms. The second-order valence-electron chi connectivity index (χ2n) is 4.79. The fourth-order valence-electron chi connectivity index (χ4n) is 2.06. The van der Waals surface area contributed by atoms with Crippen LogP contribution in [0.4, 0.5) is 0 Å². The third-order valence-electron chi connectivity index (χ3n) is 3.21. The van der Waals surface area contributed by atoms with Crippen molar-refractivity contribution in [2.24, 2.45) is 5.73 Å². The van der Waals surface area contributed by atoms with Crippen LogP contribution < -0.4 is 10.5 Å². The summed E-state index contributed by atoms with van der Waals surface area (Å²) in [6.45, 7) is 2.13. The van der Waals surface area contributed by atoms with E-state index in [1.807, 2.05) is 24.3 Å². The van der Waals surface area contributed by atoms with Gasteiger partial charge >= 0.3 is 0 Å². The molecule has 0 spiro atoms. The van der Waals surface area contributed by atoms with Crippen molar-refractivity contribution in [3.63, 3.8) is 0 Å². The molecule has 2 aromatic rings. The Morgan fingerprint density at radius 3 is 2.90 bits per heavy atom. The van der Waals surface area contributed by atoms with Gasteiger partial charge in [0.1, 0.15) is 5.75 Å². The number of para-hydroxylation sites is 1. The lowest BCUT2D eigenvalue weighted by molar-refractivity contribution is 0.343. The van der Waals surface area contributed by atoms with E-state index in [9.17, 15) is 0 Å². The Hall–Kier alpha value is -1.88. The molecule has 5 heteroatoms. The summed E-state index contributed by atoms with van der Waals surface area (Å²) in [7, 11) is 1.65. The maximum atomic E-state index is 6.02. The number of hydrogen-bond acceptors (Lipinski definition) is 5. The molecule has 20 heavy (non-hydrogen) atoms. The van der Waals surface area contributed by atoms with Gasteiger partial charge in [0.15, 0.2) is 5.82 Å². The van der Waals surface area contributed by atoms with E-state index in [2.05, 4.69) is 17.1 Å². The maximum Gasteiger partial charge on any atom is 0.243 e. The SMILES string of the molecule is CCCC[C@H](N)c1nc(Cc2ccccc2OC)no1. The molecule has 0 saturated heterocycles. The zero-order valence-corrected chi connectivity index (χ0v) is 12.0. The fraction of sp³-hybridized carbons (Fsp3) is 0.467. The molecule has 1 atom stereocenters. The summed E-state index contributed by atoms with van der Waals surface area (Å²) in [6, 6.07) is 7.64. The number of nitrogens with zero attached hydrogens (tertiary/aromatic N) is 2. The number of hydrogen-bond donors (Lipinski definition) is 1. The first-order valence-corrected chi connectivity index (χ1v) is 6.94. The molecule has 0 aliphatic rings. The number of aromatic nitrogens is 2. The largest absolute Gasteiger partial charge is 0.496 e. The lowest BCUT2D eigenvalue weighted by Gasteiger charge is -2.05. The molecule has 0 fully saturated rings. The van der Waals surface area contributed by atoms with E-state index < -0.39 is 0 Å². The predicted molar refractivity (Wildman–Crippen MR) is 76.6 cm³/mol. The quantitative estimate of drug-likeness (QED) is 0.841. The molecule has 0 unspecified atom stereocenters. The summed E-state index contributed by atoms with van der Waals surface area (Å²) >= 11 is 0. The Bertz CT molecular complexity index is 539. The molecule has 0 amide bonds. The van der Waals surface area contributed by atoms with Crippen molar-refractivity contribution in [1.82, 2.24) is 10.1 Å². The summed E-state index contributed by atoms with van der Waals surface area (Å²) in [6.07, 6.45) is 3.61. The maximum absolute atomic E-state index is 6.02. The lowest BCUT2D eigenvalue weighted by atomic mass is 10.1. The van der Waals surface area contributed by atoms with E-state index in [1.54, 1.807) is 7.11 Å². The fourth-order valence-corrected chi connectivity index (χ4v) is 2.06. The van der Waals surface area contributed by atoms with E-state index in [0.717, 1.165) is 30.6 Å². The van der Waals surface area contributed by atoms with Gasteiger partial charge in [0, 0.05) is 12.0 Å². The highest BCUT2D eigenvalue weighted by molar-refractivity contribution is 5.35. The first-order chi connectivity index (χ1) is 9.74. The molecule has 108 valence electrons. The molecule has 1 aromatic carbocycles. The minimum Gasteiger partial charge on any atom is -0.496 e. The van der Waals surface area contributed by atoms with Gasteiger partial charge in [-0.05, 0) is 12.5 Å². The highest BCUT2D eigenvalue weighted by Gasteiger charge is 2.15. The summed E-state index contributed by atoms with van der Waals surface area (Å²) in [5, 5.41) is 3.99. The van der Waals surface area contributed by atoms with E-state index in [0.29, 0.717) is 18.1 Å². The van der Waals surface area contributed by atoms with Crippen molar-refractivity contribution < 1.29 is 9.26 Å². The van der Waals surface area contributed by atoms with Gasteiger partial charge < -0.3 is 15.0 Å². The topological polar surface area (TPSA) is 74.2 Å². The summed E-state index contributed by atoms with van der Waals surface area (Å²) in [5.74, 6) is 1.98. The van der Waals surface area contributed by atoms with Crippen LogP contribution in [0.1, 0.15) is 49.5 Å². The van der Waals surface area contributed by atoms with E-state index >= 15 is 0 Å². The van der Waals surface area contributed by atoms with Gasteiger partial charge in [-0.15, -0.1) is 0 Å². The van der Waals surface area contributed by atoms with E-state index in [4.69, 9.17) is 15.0 Å². The van der Waals surface area contributed by atoms with E-state index in [-0.39, 0.29) is 6.04 Å². The highest BCUT2D eigenvalue weighted by Crippen LogP contribution is 2.21. The first kappa shape index (κ1) is 14.5. The zero-order valence-electron chi connectivity index (χ0n) is 12.0. The van der Waals surface area contributed by atoms with Crippen molar-refractivity contribution in [2.75, 3.05) is 7.11 Å². The molecule has 0 aliphatic carbocycles. The van der Waals surface area contributed by atoms with Gasteiger partial charge in [0.2, 0.25) is 5.89 Å². The Labute approximate surface area is 119 Å². The minimum absolute atomic E-state index is 0.172. The normalized spacial score (nSPS) is 12.3. The van der Waals surface area contributed by atoms with Gasteiger partial charge in [-0.3, -0.25) is 0 Å². The minimum atomic E-state index is -0.172. The van der Waals surface area contributed by atoms with Crippen LogP contribution in [0.25, 0.3) is 0 Å². The molecule has 2 N–H and O–H groups in total. The summed E-state index contributed by atoms with van der Waals surface area (Å²) < 4.78 is 10.6. The number of benzene rings is 1. The predicted octanol–water partition coefficient (Wildman–Crippen LogP) is 2.86. The smallest absolute Gasteiger partial charge is 0.243 e. The van der Waals surface area contributed by atoms with Crippen LogP contribution in [-0.4, -0.2) is 17.3 Å². The highest BCUT2D eigenvalue weighted by atomic mass is 16.5. The number of unbranched alkanes of at least 4 members (excludes halogenated alkanes) is 1. The number of rotatable bonds is 7. The van der Waals surface area contributed by atoms with Crippen molar-refractivity contribution in [2.45, 2.75) is 38.6 Å². The van der Waals surface area contributed by atoms with Crippen LogP contribution in [-0.2, 0) is 6.42 Å². The molecule has 0 saturated carbocycles. The van der Waals surface area contributed by atoms with Gasteiger partial charge in [-0.2, -0.15) is 4.98 Å². The van der Waals surface area contributed by atoms with Crippen molar-refractivity contribution in [1.29, 1.82) is 0 Å². The molecular weight excluding hydrogens is 254 g/mol. The van der Waals surface area contributed by atoms with Gasteiger partial charge in [-0.1, -0.05) is 43.1 Å². The molecule has 1 heterocycles. The van der Waals surface area contributed by atoms with Crippen LogP contribution >= 0.6 is 0 Å². The Balaban J connectivity index is 2.05. The van der Waals surface area contributed by atoms with Crippen molar-refractivity contribution in [3.8, 4) is 5.75 Å². The van der Waals surface area contributed by atoms with Gasteiger partial charge in [0.25, 0.3) is 0 Å². The number of methoxy groups -OCH3 is 1. The van der Waals surface area contributed by atoms with Crippen LogP contribution in [0.5, 0.6) is 5.75 Å². The average Bonchev–Trinajstić information content (AvgIpc) is 2.94. The summed E-state index contributed by atoms with van der Waals surface area (Å²) in [4.78, 5) is 4.38. The van der Waals surface area contributed by atoms with Crippen LogP contribution in [0, 0.1) is 0 Å². The molecular formula is C15H21N3O2. The number of nitrogens with two attached hydrogens (primary N) is 1. The second-order valence-corrected chi connectivity index (χ2v) is 4.79. The van der Waals surface area contributed by atoms with Crippen molar-refractivity contribution in [3.05, 3.63) is 41.5 Å². The van der Waals surface area contributed by atoms with Crippen LogP contribution in [0.3, 0.4) is 0 Å². The molecule has 5 nitrogen and oxygen atoms in total. The Morgan fingerprint density at radius 1 is 1.35 bits per heavy atom. The summed E-state index contributed by atoms with van der Waals surface area (Å²) in [5.41, 5.74) is 7.05. The van der Waals surface area contributed by atoms with Gasteiger partial charge in [0.05, 0.1) is 13.2 Å². The molecule has 0 aliphatic heterocycles. The second kappa shape index (κ2) is 7.05. The average molecular weight is 275 g/mol. The molecule has 1 aromatic heterocycles. The van der Waals surface area contributed by atoms with Crippen LogP contribution in [0.2, 0.25) is 0 Å². The van der Waals surface area contributed by atoms with E-state index in [1.165, 1.54) is 0 Å². The van der Waals surface area contributed by atoms with Crippen LogP contribution in [0.15, 0.2) is 28.8 Å².